The van der Waals surface area contributed by atoms with Crippen LogP contribution in [0, 0.1) is 17.2 Å². The van der Waals surface area contributed by atoms with E-state index in [1.807, 2.05) is 30.5 Å². The number of fused-ring (bicyclic) bond motifs is 2. The number of hydrogen-bond donors (Lipinski definition) is 1. The molecular formula is C33H44N6O3. The van der Waals surface area contributed by atoms with Crippen LogP contribution >= 0.6 is 0 Å². The van der Waals surface area contributed by atoms with E-state index in [2.05, 4.69) is 31.0 Å². The smallest absolute Gasteiger partial charge is 0.256 e. The first-order chi connectivity index (χ1) is 20.6. The quantitative estimate of drug-likeness (QED) is 0.520. The summed E-state index contributed by atoms with van der Waals surface area (Å²) in [6.45, 7) is 7.18. The number of likely N-dealkylation sites (tertiary alicyclic amines) is 1. The number of carbonyl (C=O) groups excluding carboxylic acids is 2. The van der Waals surface area contributed by atoms with Gasteiger partial charge in [0.25, 0.3) is 5.91 Å². The third-order valence-corrected chi connectivity index (χ3v) is 10.8. The zero-order valence-electron chi connectivity index (χ0n) is 24.6. The van der Waals surface area contributed by atoms with Crippen molar-refractivity contribution in [3.05, 3.63) is 41.6 Å². The third kappa shape index (κ3) is 5.12. The summed E-state index contributed by atoms with van der Waals surface area (Å²) in [5, 5.41) is 12.7. The number of nitriles is 1. The van der Waals surface area contributed by atoms with Crippen LogP contribution in [-0.4, -0.2) is 109 Å². The maximum absolute atomic E-state index is 13.9. The molecule has 1 aromatic carbocycles. The topological polar surface area (TPSA) is 92.1 Å². The molecule has 0 bridgehead atoms. The van der Waals surface area contributed by atoms with Gasteiger partial charge in [-0.3, -0.25) is 14.5 Å². The van der Waals surface area contributed by atoms with Crippen molar-refractivity contribution in [3.63, 3.8) is 0 Å². The van der Waals surface area contributed by atoms with Crippen LogP contribution in [0.2, 0.25) is 0 Å². The standard InChI is InChI=1S/C33H44N6O3/c34-21-23-7-1-2-8-26(23)37-17-19-38(20-18-37)28-12-11-24-30-32(28)42-29-10-4-3-9-27(29)39(30)22-25(31(24)40)33(41)35-13-16-36-14-5-6-15-36/h1-2,7-8,22,24,27-30,32H,3-6,9-20H2,(H,35,41). The molecule has 2 aliphatic carbocycles. The number of carbonyl (C=O) groups is 2. The first-order valence-electron chi connectivity index (χ1n) is 16.3. The van der Waals surface area contributed by atoms with Crippen LogP contribution in [0.3, 0.4) is 0 Å². The second kappa shape index (κ2) is 12.0. The molecule has 3 saturated heterocycles. The average Bonchev–Trinajstić information content (AvgIpc) is 3.56. The minimum Gasteiger partial charge on any atom is -0.369 e. The molecular weight excluding hydrogens is 528 g/mol. The fourth-order valence-electron chi connectivity index (χ4n) is 8.70. The molecule has 1 amide bonds. The van der Waals surface area contributed by atoms with E-state index in [4.69, 9.17) is 4.74 Å². The van der Waals surface area contributed by atoms with Gasteiger partial charge in [-0.2, -0.15) is 5.26 Å². The number of morpholine rings is 1. The van der Waals surface area contributed by atoms with Gasteiger partial charge < -0.3 is 24.8 Å². The zero-order valence-corrected chi connectivity index (χ0v) is 24.6. The molecule has 1 N–H and O–H groups in total. The number of nitrogens with one attached hydrogen (secondary N) is 1. The molecule has 42 heavy (non-hydrogen) atoms. The Morgan fingerprint density at radius 1 is 0.952 bits per heavy atom. The number of ketones is 1. The number of ether oxygens (including phenoxy) is 1. The maximum atomic E-state index is 13.9. The molecule has 0 radical (unpaired) electrons. The van der Waals surface area contributed by atoms with Gasteiger partial charge in [0.2, 0.25) is 0 Å². The largest absolute Gasteiger partial charge is 0.369 e. The van der Waals surface area contributed by atoms with Crippen molar-refractivity contribution in [2.24, 2.45) is 5.92 Å². The number of piperazine rings is 1. The Balaban J connectivity index is 1.08. The maximum Gasteiger partial charge on any atom is 0.256 e. The molecule has 0 spiro atoms. The van der Waals surface area contributed by atoms with Crippen LogP contribution < -0.4 is 10.2 Å². The van der Waals surface area contributed by atoms with Crippen molar-refractivity contribution < 1.29 is 14.3 Å². The molecule has 6 aliphatic rings. The zero-order chi connectivity index (χ0) is 28.6. The monoisotopic (exact) mass is 572 g/mol. The van der Waals surface area contributed by atoms with E-state index < -0.39 is 0 Å². The Morgan fingerprint density at radius 2 is 1.74 bits per heavy atom. The molecule has 224 valence electrons. The normalized spacial score (nSPS) is 33.4. The molecule has 1 aromatic rings. The van der Waals surface area contributed by atoms with Gasteiger partial charge in [0.15, 0.2) is 5.78 Å². The SMILES string of the molecule is N#Cc1ccccc1N1CCN(C2CCC3C(=O)C(C(=O)NCCN4CCCC4)=CN4C5CCCCC5OC2C34)CC1. The van der Waals surface area contributed by atoms with Gasteiger partial charge in [-0.1, -0.05) is 25.0 Å². The van der Waals surface area contributed by atoms with Gasteiger partial charge in [-0.05, 0) is 63.7 Å². The van der Waals surface area contributed by atoms with Crippen molar-refractivity contribution in [1.29, 1.82) is 5.26 Å². The summed E-state index contributed by atoms with van der Waals surface area (Å²) in [6, 6.07) is 10.7. The molecule has 2 saturated carbocycles. The molecule has 4 heterocycles. The number of hydrogen-bond acceptors (Lipinski definition) is 8. The Bertz CT molecular complexity index is 1250. The molecule has 9 heteroatoms. The first kappa shape index (κ1) is 27.9. The lowest BCUT2D eigenvalue weighted by atomic mass is 9.70. The lowest BCUT2D eigenvalue weighted by Gasteiger charge is -2.60. The highest BCUT2D eigenvalue weighted by Gasteiger charge is 2.56. The van der Waals surface area contributed by atoms with Crippen molar-refractivity contribution in [2.75, 3.05) is 57.3 Å². The third-order valence-electron chi connectivity index (χ3n) is 10.8. The average molecular weight is 573 g/mol. The molecule has 6 atom stereocenters. The fraction of sp³-hybridized carbons (Fsp3) is 0.667. The Labute approximate surface area is 249 Å². The minimum absolute atomic E-state index is 0.00547. The number of benzene rings is 1. The van der Waals surface area contributed by atoms with E-state index in [9.17, 15) is 14.9 Å². The minimum atomic E-state index is -0.205. The van der Waals surface area contributed by atoms with Crippen LogP contribution in [0.1, 0.15) is 56.9 Å². The van der Waals surface area contributed by atoms with Crippen molar-refractivity contribution in [3.8, 4) is 6.07 Å². The summed E-state index contributed by atoms with van der Waals surface area (Å²) >= 11 is 0. The summed E-state index contributed by atoms with van der Waals surface area (Å²) in [7, 11) is 0. The Morgan fingerprint density at radius 3 is 2.55 bits per heavy atom. The highest BCUT2D eigenvalue weighted by molar-refractivity contribution is 6.20. The van der Waals surface area contributed by atoms with Gasteiger partial charge in [-0.25, -0.2) is 0 Å². The van der Waals surface area contributed by atoms with Crippen molar-refractivity contribution in [1.82, 2.24) is 20.0 Å². The van der Waals surface area contributed by atoms with Gasteiger partial charge in [0, 0.05) is 57.4 Å². The van der Waals surface area contributed by atoms with E-state index in [1.54, 1.807) is 0 Å². The fourth-order valence-corrected chi connectivity index (χ4v) is 8.70. The number of Topliss-reactive ketones (excluding diaryl/α,β-unsaturated/α-hetero) is 1. The van der Waals surface area contributed by atoms with E-state index in [0.717, 1.165) is 89.2 Å². The Kier molecular flexibility index (Phi) is 7.95. The number of nitrogens with zero attached hydrogens (tertiary/aromatic N) is 5. The summed E-state index contributed by atoms with van der Waals surface area (Å²) in [6.07, 6.45) is 10.6. The van der Waals surface area contributed by atoms with Gasteiger partial charge in [-0.15, -0.1) is 0 Å². The van der Waals surface area contributed by atoms with Gasteiger partial charge in [0.05, 0.1) is 41.1 Å². The molecule has 6 unspecified atom stereocenters. The molecule has 7 rings (SSSR count). The van der Waals surface area contributed by atoms with E-state index in [0.29, 0.717) is 12.1 Å². The molecule has 5 fully saturated rings. The lowest BCUT2D eigenvalue weighted by molar-refractivity contribution is -0.200. The van der Waals surface area contributed by atoms with E-state index >= 15 is 0 Å². The number of anilines is 1. The molecule has 4 aliphatic heterocycles. The highest BCUT2D eigenvalue weighted by atomic mass is 16.5. The van der Waals surface area contributed by atoms with Crippen LogP contribution in [0.4, 0.5) is 5.69 Å². The van der Waals surface area contributed by atoms with Gasteiger partial charge in [0.1, 0.15) is 6.07 Å². The highest BCUT2D eigenvalue weighted by Crippen LogP contribution is 2.46. The number of amides is 1. The predicted molar refractivity (Wildman–Crippen MR) is 160 cm³/mol. The predicted octanol–water partition coefficient (Wildman–Crippen LogP) is 2.52. The van der Waals surface area contributed by atoms with Crippen LogP contribution in [0.15, 0.2) is 36.0 Å². The van der Waals surface area contributed by atoms with Crippen LogP contribution in [0.5, 0.6) is 0 Å². The van der Waals surface area contributed by atoms with Crippen LogP contribution in [0.25, 0.3) is 0 Å². The second-order valence-corrected chi connectivity index (χ2v) is 13.0. The summed E-state index contributed by atoms with van der Waals surface area (Å²) in [5.41, 5.74) is 2.10. The van der Waals surface area contributed by atoms with Gasteiger partial charge >= 0.3 is 0 Å². The van der Waals surface area contributed by atoms with Crippen LogP contribution in [-0.2, 0) is 14.3 Å². The second-order valence-electron chi connectivity index (χ2n) is 13.0. The molecule has 0 aromatic heterocycles. The van der Waals surface area contributed by atoms with E-state index in [-0.39, 0.29) is 47.9 Å². The van der Waals surface area contributed by atoms with Crippen molar-refractivity contribution in [2.45, 2.75) is 81.7 Å². The summed E-state index contributed by atoms with van der Waals surface area (Å²) < 4.78 is 6.98. The van der Waals surface area contributed by atoms with Crippen molar-refractivity contribution >= 4 is 17.4 Å². The summed E-state index contributed by atoms with van der Waals surface area (Å²) in [5.74, 6) is -0.389. The van der Waals surface area contributed by atoms with E-state index in [1.165, 1.54) is 19.3 Å². The Hall–Kier alpha value is -2.93. The number of para-hydroxylation sites is 1. The lowest BCUT2D eigenvalue weighted by Crippen LogP contribution is -2.71. The first-order valence-corrected chi connectivity index (χ1v) is 16.3. The number of rotatable bonds is 6. The summed E-state index contributed by atoms with van der Waals surface area (Å²) in [4.78, 5) is 37.0. The molecule has 9 nitrogen and oxygen atoms in total.